The second-order valence-corrected chi connectivity index (χ2v) is 6.76. The highest BCUT2D eigenvalue weighted by atomic mass is 14.7. The van der Waals surface area contributed by atoms with Crippen molar-refractivity contribution < 1.29 is 2.74 Å². The molecule has 0 amide bonds. The second kappa shape index (κ2) is 4.47. The summed E-state index contributed by atoms with van der Waals surface area (Å²) < 4.78 is 18.3. The van der Waals surface area contributed by atoms with E-state index in [0.29, 0.717) is 6.42 Å². The van der Waals surface area contributed by atoms with Crippen LogP contribution in [-0.2, 0) is 0 Å². The zero-order valence-electron chi connectivity index (χ0n) is 14.6. The predicted octanol–water partition coefficient (Wildman–Crippen LogP) is 3.38. The van der Waals surface area contributed by atoms with E-state index in [4.69, 9.17) is 1.37 Å². The van der Waals surface area contributed by atoms with Crippen LogP contribution in [0.4, 0.5) is 0 Å². The van der Waals surface area contributed by atoms with E-state index in [1.54, 1.807) is 6.08 Å². The summed E-state index contributed by atoms with van der Waals surface area (Å²) in [5.74, 6) is -4.42. The third-order valence-corrected chi connectivity index (χ3v) is 6.08. The third kappa shape index (κ3) is 1.30. The smallest absolute Gasteiger partial charge is 0.182 e. The molecule has 0 saturated heterocycles. The molecule has 0 radical (unpaired) electrons. The van der Waals surface area contributed by atoms with Gasteiger partial charge in [0.15, 0.2) is 10.8 Å². The van der Waals surface area contributed by atoms with Gasteiger partial charge in [-0.3, -0.25) is 0 Å². The van der Waals surface area contributed by atoms with Crippen LogP contribution in [0.1, 0.15) is 34.8 Å². The fourth-order valence-corrected chi connectivity index (χ4v) is 5.02. The van der Waals surface area contributed by atoms with E-state index in [2.05, 4.69) is 0 Å². The van der Waals surface area contributed by atoms with Crippen molar-refractivity contribution in [1.82, 2.24) is 0 Å². The summed E-state index contributed by atoms with van der Waals surface area (Å²) in [7, 11) is 0. The van der Waals surface area contributed by atoms with Crippen LogP contribution >= 0.6 is 0 Å². The number of allylic oxidation sites excluding steroid dienone is 4. The zero-order chi connectivity index (χ0) is 18.1. The van der Waals surface area contributed by atoms with Crippen LogP contribution < -0.4 is 0 Å². The Bertz CT molecular complexity index is 878. The monoisotopic (exact) mass is 302 g/mol. The molecule has 5 rings (SSSR count). The first-order valence-corrected chi connectivity index (χ1v) is 8.01. The van der Waals surface area contributed by atoms with Gasteiger partial charge in [0.2, 0.25) is 0 Å². The Hall–Kier alpha value is -2.56. The molecular weight excluding hydrogens is 284 g/mol. The van der Waals surface area contributed by atoms with Crippen LogP contribution in [-0.4, -0.2) is 0 Å². The summed E-state index contributed by atoms with van der Waals surface area (Å²) in [5, 5.41) is 39.5. The lowest BCUT2D eigenvalue weighted by molar-refractivity contribution is -0.00922. The van der Waals surface area contributed by atoms with Gasteiger partial charge in [-0.1, -0.05) is 29.7 Å². The molecule has 0 aromatic carbocycles. The maximum atomic E-state index is 9.89. The number of hydrogen-bond acceptors (Lipinski definition) is 4. The van der Waals surface area contributed by atoms with Gasteiger partial charge in [-0.2, -0.15) is 21.0 Å². The Morgan fingerprint density at radius 2 is 1.48 bits per heavy atom. The molecule has 4 heteroatoms. The molecule has 0 N–H and O–H groups in total. The molecule has 23 heavy (non-hydrogen) atoms. The molecule has 4 unspecified atom stereocenters. The van der Waals surface area contributed by atoms with Gasteiger partial charge >= 0.3 is 0 Å². The highest BCUT2D eigenvalue weighted by Crippen LogP contribution is 2.71. The Balaban J connectivity index is 2.07. The van der Waals surface area contributed by atoms with Crippen LogP contribution in [0.2, 0.25) is 0 Å². The van der Waals surface area contributed by atoms with Gasteiger partial charge in [-0.05, 0) is 37.5 Å². The molecule has 4 nitrogen and oxygen atoms in total. The van der Waals surface area contributed by atoms with Gasteiger partial charge in [-0.15, -0.1) is 0 Å². The fraction of sp³-hybridized carbons (Fsp3) is 0.579. The lowest BCUT2D eigenvalue weighted by Gasteiger charge is -2.62. The number of nitriles is 4. The van der Waals surface area contributed by atoms with Gasteiger partial charge in [0, 0.05) is 14.6 Å². The summed E-state index contributed by atoms with van der Waals surface area (Å²) in [5.41, 5.74) is -2.13. The lowest BCUT2D eigenvalue weighted by Crippen LogP contribution is -2.63. The van der Waals surface area contributed by atoms with Gasteiger partial charge < -0.3 is 0 Å². The minimum absolute atomic E-state index is 0.419. The second-order valence-electron chi connectivity index (χ2n) is 6.76. The molecule has 0 aromatic rings. The SMILES string of the molecule is [2H]C12C3=C(CCCCC3)C1C1C=CC2([2H])C(C#N)(C#N)C1(C#N)C#N. The molecule has 0 spiro atoms. The van der Waals surface area contributed by atoms with E-state index < -0.39 is 34.5 Å². The molecule has 112 valence electrons. The van der Waals surface area contributed by atoms with Crippen molar-refractivity contribution in [2.45, 2.75) is 32.1 Å². The van der Waals surface area contributed by atoms with Crippen molar-refractivity contribution in [1.29, 1.82) is 21.0 Å². The van der Waals surface area contributed by atoms with Crippen LogP contribution in [0.3, 0.4) is 0 Å². The minimum atomic E-state index is -2.17. The first-order chi connectivity index (χ1) is 11.9. The van der Waals surface area contributed by atoms with Crippen molar-refractivity contribution in [3.05, 3.63) is 23.3 Å². The van der Waals surface area contributed by atoms with E-state index in [1.807, 2.05) is 24.3 Å². The number of nitrogens with zero attached hydrogens (tertiary/aromatic N) is 4. The fourth-order valence-electron chi connectivity index (χ4n) is 5.02. The number of fused-ring (bicyclic) bond motifs is 1. The summed E-state index contributed by atoms with van der Waals surface area (Å²) >= 11 is 0. The van der Waals surface area contributed by atoms with Crippen molar-refractivity contribution in [3.63, 3.8) is 0 Å². The van der Waals surface area contributed by atoms with Crippen LogP contribution in [0.15, 0.2) is 23.3 Å². The van der Waals surface area contributed by atoms with Gasteiger partial charge in [0.05, 0.1) is 24.3 Å². The molecular formula is C19H16N4. The third-order valence-electron chi connectivity index (χ3n) is 6.08. The molecule has 1 fully saturated rings. The van der Waals surface area contributed by atoms with E-state index in [1.165, 1.54) is 6.08 Å². The highest BCUT2D eigenvalue weighted by Gasteiger charge is 2.74. The summed E-state index contributed by atoms with van der Waals surface area (Å²) in [6.45, 7) is 0. The Kier molecular flexibility index (Phi) is 2.32. The van der Waals surface area contributed by atoms with E-state index in [0.717, 1.165) is 36.8 Å². The first kappa shape index (κ1) is 11.9. The van der Waals surface area contributed by atoms with Crippen molar-refractivity contribution in [3.8, 4) is 24.3 Å². The van der Waals surface area contributed by atoms with Crippen molar-refractivity contribution >= 4 is 0 Å². The number of rotatable bonds is 0. The average Bonchev–Trinajstić information content (AvgIpc) is 2.85. The van der Waals surface area contributed by atoms with Crippen LogP contribution in [0.5, 0.6) is 0 Å². The predicted molar refractivity (Wildman–Crippen MR) is 80.5 cm³/mol. The molecule has 1 saturated carbocycles. The normalized spacial score (nSPS) is 45.4. The molecule has 5 aliphatic rings. The maximum Gasteiger partial charge on any atom is 0.182 e. The molecule has 0 aliphatic heterocycles. The van der Waals surface area contributed by atoms with Gasteiger partial charge in [-0.25, -0.2) is 0 Å². The summed E-state index contributed by atoms with van der Waals surface area (Å²) in [6.07, 6.45) is 7.61. The Labute approximate surface area is 138 Å². The standard InChI is InChI=1S/C19H16N4/c20-8-18(9-21)14-6-7-15(19(18,10-22)11-23)17-13-5-3-1-2-4-12(13)16(14)17/h6-7,14-17H,1-5H2/i14D,16D. The van der Waals surface area contributed by atoms with Crippen LogP contribution in [0, 0.1) is 79.8 Å². The van der Waals surface area contributed by atoms with Crippen molar-refractivity contribution in [2.24, 2.45) is 34.5 Å². The molecule has 2 bridgehead atoms. The van der Waals surface area contributed by atoms with E-state index >= 15 is 0 Å². The molecule has 4 atom stereocenters. The largest absolute Gasteiger partial charge is 0.196 e. The molecule has 0 heterocycles. The topological polar surface area (TPSA) is 95.2 Å². The summed E-state index contributed by atoms with van der Waals surface area (Å²) in [4.78, 5) is 0. The van der Waals surface area contributed by atoms with E-state index in [-0.39, 0.29) is 0 Å². The van der Waals surface area contributed by atoms with Crippen LogP contribution in [0.25, 0.3) is 0 Å². The van der Waals surface area contributed by atoms with Gasteiger partial charge in [0.1, 0.15) is 0 Å². The zero-order valence-corrected chi connectivity index (χ0v) is 12.6. The Morgan fingerprint density at radius 1 is 0.870 bits per heavy atom. The van der Waals surface area contributed by atoms with Gasteiger partial charge in [0.25, 0.3) is 0 Å². The summed E-state index contributed by atoms with van der Waals surface area (Å²) in [6, 6.07) is 7.62. The average molecular weight is 302 g/mol. The highest BCUT2D eigenvalue weighted by molar-refractivity contribution is 5.53. The quantitative estimate of drug-likeness (QED) is 0.641. The number of hydrogen-bond donors (Lipinski definition) is 0. The first-order valence-electron chi connectivity index (χ1n) is 9.01. The van der Waals surface area contributed by atoms with Crippen molar-refractivity contribution in [2.75, 3.05) is 0 Å². The maximum absolute atomic E-state index is 9.89. The molecule has 0 aromatic heterocycles. The van der Waals surface area contributed by atoms with E-state index in [9.17, 15) is 22.4 Å². The molecule has 5 aliphatic carbocycles. The minimum Gasteiger partial charge on any atom is -0.196 e. The lowest BCUT2D eigenvalue weighted by atomic mass is 9.36. The Morgan fingerprint density at radius 3 is 2.09 bits per heavy atom.